The molecule has 1 rings (SSSR count). The molecule has 0 saturated carbocycles. The molecule has 88 valence electrons. The fourth-order valence-electron chi connectivity index (χ4n) is 0.795. The molecule has 0 aliphatic carbocycles. The van der Waals surface area contributed by atoms with Crippen LogP contribution in [0.15, 0.2) is 0 Å². The molecule has 1 heterocycles. The van der Waals surface area contributed by atoms with E-state index < -0.39 is 17.4 Å². The highest BCUT2D eigenvalue weighted by molar-refractivity contribution is 7.09. The summed E-state index contributed by atoms with van der Waals surface area (Å²) < 4.78 is 3.68. The van der Waals surface area contributed by atoms with Gasteiger partial charge in [-0.2, -0.15) is 4.37 Å². The molecule has 0 aliphatic rings. The average Bonchev–Trinajstić information content (AvgIpc) is 2.46. The number of aromatic nitrogens is 1. The smallest absolute Gasteiger partial charge is 0.328 e. The van der Waals surface area contributed by atoms with E-state index in [1.54, 1.807) is 0 Å². The number of amides is 1. The van der Waals surface area contributed by atoms with E-state index in [9.17, 15) is 9.59 Å². The van der Waals surface area contributed by atoms with Gasteiger partial charge in [0, 0.05) is 0 Å². The van der Waals surface area contributed by atoms with Gasteiger partial charge in [0.25, 0.3) is 5.91 Å². The standard InChI is InChI=1S/C8H8Cl2N2O3S/c1-8(2,7(14)15)11-6(13)4-3(9)5(10)12-16-4/h1-2H3,(H,11,13)(H,14,15). The number of carbonyl (C=O) groups is 2. The highest BCUT2D eigenvalue weighted by Crippen LogP contribution is 2.28. The summed E-state index contributed by atoms with van der Waals surface area (Å²) in [6.45, 7) is 2.73. The Morgan fingerprint density at radius 2 is 2.00 bits per heavy atom. The second-order valence-electron chi connectivity index (χ2n) is 3.50. The van der Waals surface area contributed by atoms with Crippen molar-refractivity contribution in [3.05, 3.63) is 15.1 Å². The zero-order chi connectivity index (χ0) is 12.5. The van der Waals surface area contributed by atoms with Gasteiger partial charge in [0.15, 0.2) is 5.15 Å². The summed E-state index contributed by atoms with van der Waals surface area (Å²) in [7, 11) is 0. The van der Waals surface area contributed by atoms with E-state index in [1.165, 1.54) is 13.8 Å². The minimum atomic E-state index is -1.38. The van der Waals surface area contributed by atoms with E-state index >= 15 is 0 Å². The maximum Gasteiger partial charge on any atom is 0.328 e. The summed E-state index contributed by atoms with van der Waals surface area (Å²) in [6.07, 6.45) is 0. The quantitative estimate of drug-likeness (QED) is 0.889. The maximum atomic E-state index is 11.7. The van der Waals surface area contributed by atoms with Crippen LogP contribution in [0, 0.1) is 0 Å². The molecule has 0 saturated heterocycles. The summed E-state index contributed by atoms with van der Waals surface area (Å²) in [5.41, 5.74) is -1.38. The zero-order valence-electron chi connectivity index (χ0n) is 8.38. The van der Waals surface area contributed by atoms with Crippen LogP contribution in [0.1, 0.15) is 23.5 Å². The molecule has 8 heteroatoms. The van der Waals surface area contributed by atoms with E-state index in [1.807, 2.05) is 0 Å². The fraction of sp³-hybridized carbons (Fsp3) is 0.375. The van der Waals surface area contributed by atoms with Crippen molar-refractivity contribution >= 4 is 46.6 Å². The molecule has 1 aromatic heterocycles. The van der Waals surface area contributed by atoms with Crippen LogP contribution in [0.4, 0.5) is 0 Å². The molecule has 0 aliphatic heterocycles. The molecule has 0 aromatic carbocycles. The lowest BCUT2D eigenvalue weighted by atomic mass is 10.1. The second kappa shape index (κ2) is 4.57. The van der Waals surface area contributed by atoms with E-state index in [4.69, 9.17) is 28.3 Å². The molecule has 0 unspecified atom stereocenters. The van der Waals surface area contributed by atoms with Crippen molar-refractivity contribution in [2.45, 2.75) is 19.4 Å². The Morgan fingerprint density at radius 1 is 1.44 bits per heavy atom. The van der Waals surface area contributed by atoms with Gasteiger partial charge in [0.1, 0.15) is 15.4 Å². The molecule has 1 aromatic rings. The summed E-state index contributed by atoms with van der Waals surface area (Å²) in [5, 5.41) is 11.2. The highest BCUT2D eigenvalue weighted by Gasteiger charge is 2.31. The van der Waals surface area contributed by atoms with Gasteiger partial charge >= 0.3 is 5.97 Å². The lowest BCUT2D eigenvalue weighted by molar-refractivity contribution is -0.143. The van der Waals surface area contributed by atoms with Gasteiger partial charge in [-0.15, -0.1) is 0 Å². The van der Waals surface area contributed by atoms with E-state index in [0.29, 0.717) is 0 Å². The van der Waals surface area contributed by atoms with Gasteiger partial charge in [-0.3, -0.25) is 4.79 Å². The lowest BCUT2D eigenvalue weighted by Gasteiger charge is -2.20. The van der Waals surface area contributed by atoms with Gasteiger partial charge in [0.05, 0.1) is 0 Å². The molecule has 2 N–H and O–H groups in total. The van der Waals surface area contributed by atoms with Gasteiger partial charge < -0.3 is 10.4 Å². The predicted molar refractivity (Wildman–Crippen MR) is 61.3 cm³/mol. The Hall–Kier alpha value is -0.850. The Labute approximate surface area is 106 Å². The van der Waals surface area contributed by atoms with Gasteiger partial charge in [-0.1, -0.05) is 23.2 Å². The van der Waals surface area contributed by atoms with Gasteiger partial charge in [-0.25, -0.2) is 4.79 Å². The Bertz CT molecular complexity index is 444. The molecule has 0 atom stereocenters. The molecule has 0 bridgehead atoms. The van der Waals surface area contributed by atoms with Crippen LogP contribution >= 0.6 is 34.7 Å². The summed E-state index contributed by atoms with van der Waals surface area (Å²) in [5.74, 6) is -1.76. The van der Waals surface area contributed by atoms with Gasteiger partial charge in [0.2, 0.25) is 0 Å². The first kappa shape index (κ1) is 13.2. The molecule has 16 heavy (non-hydrogen) atoms. The van der Waals surface area contributed by atoms with E-state index in [0.717, 1.165) is 11.5 Å². The Kier molecular flexibility index (Phi) is 3.77. The third-order valence-electron chi connectivity index (χ3n) is 1.76. The SMILES string of the molecule is CC(C)(NC(=O)c1snc(Cl)c1Cl)C(=O)O. The van der Waals surface area contributed by atoms with Crippen molar-refractivity contribution in [2.24, 2.45) is 0 Å². The molecule has 0 radical (unpaired) electrons. The van der Waals surface area contributed by atoms with Crippen LogP contribution in [0.2, 0.25) is 10.2 Å². The first-order chi connectivity index (χ1) is 7.25. The first-order valence-electron chi connectivity index (χ1n) is 4.12. The predicted octanol–water partition coefficient (Wildman–Crippen LogP) is 2.04. The molecule has 0 fully saturated rings. The monoisotopic (exact) mass is 282 g/mol. The molecule has 5 nitrogen and oxygen atoms in total. The van der Waals surface area contributed by atoms with Crippen LogP contribution in [0.25, 0.3) is 0 Å². The first-order valence-corrected chi connectivity index (χ1v) is 5.65. The molecule has 1 amide bonds. The number of carboxylic acids is 1. The minimum Gasteiger partial charge on any atom is -0.480 e. The molecular formula is C8H8Cl2N2O3S. The number of aliphatic carboxylic acids is 1. The van der Waals surface area contributed by atoms with Crippen molar-refractivity contribution in [3.8, 4) is 0 Å². The largest absolute Gasteiger partial charge is 0.480 e. The third-order valence-corrected chi connectivity index (χ3v) is 3.56. The van der Waals surface area contributed by atoms with E-state index in [-0.39, 0.29) is 15.1 Å². The number of carboxylic acid groups (broad SMARTS) is 1. The highest BCUT2D eigenvalue weighted by atomic mass is 35.5. The van der Waals surface area contributed by atoms with Crippen molar-refractivity contribution in [2.75, 3.05) is 0 Å². The summed E-state index contributed by atoms with van der Waals surface area (Å²) in [4.78, 5) is 22.5. The number of rotatable bonds is 3. The second-order valence-corrected chi connectivity index (χ2v) is 5.01. The summed E-state index contributed by atoms with van der Waals surface area (Å²) in [6, 6.07) is 0. The topological polar surface area (TPSA) is 79.3 Å². The fourth-order valence-corrected chi connectivity index (χ4v) is 1.90. The number of halogens is 2. The number of carbonyl (C=O) groups excluding carboxylic acids is 1. The maximum absolute atomic E-state index is 11.7. The minimum absolute atomic E-state index is 0.0324. The third kappa shape index (κ3) is 2.63. The van der Waals surface area contributed by atoms with Gasteiger partial charge in [-0.05, 0) is 25.4 Å². The van der Waals surface area contributed by atoms with Crippen molar-refractivity contribution < 1.29 is 14.7 Å². The van der Waals surface area contributed by atoms with Crippen LogP contribution in [-0.2, 0) is 4.79 Å². The van der Waals surface area contributed by atoms with Crippen LogP contribution < -0.4 is 5.32 Å². The Morgan fingerprint density at radius 3 is 2.38 bits per heavy atom. The molecular weight excluding hydrogens is 275 g/mol. The van der Waals surface area contributed by atoms with Crippen LogP contribution in [-0.4, -0.2) is 26.9 Å². The lowest BCUT2D eigenvalue weighted by Crippen LogP contribution is -2.49. The zero-order valence-corrected chi connectivity index (χ0v) is 10.7. The van der Waals surface area contributed by atoms with Crippen molar-refractivity contribution in [3.63, 3.8) is 0 Å². The normalized spacial score (nSPS) is 11.2. The van der Waals surface area contributed by atoms with E-state index in [2.05, 4.69) is 9.69 Å². The Balaban J connectivity index is 2.89. The average molecular weight is 283 g/mol. The number of hydrogen-bond donors (Lipinski definition) is 2. The molecule has 0 spiro atoms. The summed E-state index contributed by atoms with van der Waals surface area (Å²) >= 11 is 12.1. The van der Waals surface area contributed by atoms with Crippen LogP contribution in [0.3, 0.4) is 0 Å². The van der Waals surface area contributed by atoms with Crippen molar-refractivity contribution in [1.82, 2.24) is 9.69 Å². The van der Waals surface area contributed by atoms with Crippen molar-refractivity contribution in [1.29, 1.82) is 0 Å². The number of hydrogen-bond acceptors (Lipinski definition) is 4. The van der Waals surface area contributed by atoms with Crippen LogP contribution in [0.5, 0.6) is 0 Å². The number of nitrogens with one attached hydrogen (secondary N) is 1. The number of nitrogens with zero attached hydrogens (tertiary/aromatic N) is 1.